The van der Waals surface area contributed by atoms with E-state index >= 15 is 0 Å². The third-order valence-corrected chi connectivity index (χ3v) is 3.16. The first-order valence-corrected chi connectivity index (χ1v) is 5.88. The zero-order valence-electron chi connectivity index (χ0n) is 10.6. The topological polar surface area (TPSA) is 33.0 Å². The summed E-state index contributed by atoms with van der Waals surface area (Å²) in [6.07, 6.45) is 0. The van der Waals surface area contributed by atoms with Crippen LogP contribution in [0.25, 0.3) is 0 Å². The number of nitriles is 1. The monoisotopic (exact) mass is 237 g/mol. The highest BCUT2D eigenvalue weighted by Gasteiger charge is 2.08. The maximum Gasteiger partial charge on any atom is 0.118 e. The molecular weight excluding hydrogens is 222 g/mol. The fourth-order valence-corrected chi connectivity index (χ4v) is 1.93. The number of hydrogen-bond donors (Lipinski definition) is 0. The van der Waals surface area contributed by atoms with Crippen LogP contribution in [0.3, 0.4) is 0 Å². The van der Waals surface area contributed by atoms with E-state index in [4.69, 9.17) is 10.00 Å². The standard InChI is InChI=1S/C16H15NO/c1-12(14-5-3-13(11-17)4-6-14)15-7-9-16(18-2)10-8-15/h3-10,12H,1-2H3. The van der Waals surface area contributed by atoms with Gasteiger partial charge in [-0.05, 0) is 35.4 Å². The molecule has 0 amide bonds. The smallest absolute Gasteiger partial charge is 0.118 e. The summed E-state index contributed by atoms with van der Waals surface area (Å²) in [4.78, 5) is 0. The lowest BCUT2D eigenvalue weighted by molar-refractivity contribution is 0.414. The SMILES string of the molecule is COc1ccc(C(C)c2ccc(C#N)cc2)cc1. The average molecular weight is 237 g/mol. The molecule has 0 fully saturated rings. The molecule has 1 atom stereocenters. The van der Waals surface area contributed by atoms with Crippen LogP contribution >= 0.6 is 0 Å². The van der Waals surface area contributed by atoms with Gasteiger partial charge in [-0.2, -0.15) is 5.26 Å². The molecule has 2 heteroatoms. The van der Waals surface area contributed by atoms with Crippen molar-refractivity contribution < 1.29 is 4.74 Å². The summed E-state index contributed by atoms with van der Waals surface area (Å²) < 4.78 is 5.15. The molecule has 0 N–H and O–H groups in total. The fourth-order valence-electron chi connectivity index (χ4n) is 1.93. The van der Waals surface area contributed by atoms with Gasteiger partial charge in [0.15, 0.2) is 0 Å². The van der Waals surface area contributed by atoms with Crippen LogP contribution in [0.5, 0.6) is 5.75 Å². The molecule has 0 heterocycles. The third-order valence-electron chi connectivity index (χ3n) is 3.16. The van der Waals surface area contributed by atoms with Crippen LogP contribution in [-0.2, 0) is 0 Å². The second-order valence-corrected chi connectivity index (χ2v) is 4.23. The molecule has 18 heavy (non-hydrogen) atoms. The highest BCUT2D eigenvalue weighted by Crippen LogP contribution is 2.25. The zero-order valence-corrected chi connectivity index (χ0v) is 10.6. The predicted octanol–water partition coefficient (Wildman–Crippen LogP) is 3.72. The third kappa shape index (κ3) is 2.52. The lowest BCUT2D eigenvalue weighted by Crippen LogP contribution is -1.96. The van der Waals surface area contributed by atoms with E-state index in [-0.39, 0.29) is 0 Å². The molecule has 0 aromatic heterocycles. The van der Waals surface area contributed by atoms with Gasteiger partial charge in [-0.1, -0.05) is 31.2 Å². The molecule has 0 radical (unpaired) electrons. The number of hydrogen-bond acceptors (Lipinski definition) is 2. The highest BCUT2D eigenvalue weighted by molar-refractivity contribution is 5.38. The van der Waals surface area contributed by atoms with Crippen molar-refractivity contribution in [2.75, 3.05) is 7.11 Å². The van der Waals surface area contributed by atoms with Crippen molar-refractivity contribution >= 4 is 0 Å². The van der Waals surface area contributed by atoms with Gasteiger partial charge in [-0.3, -0.25) is 0 Å². The van der Waals surface area contributed by atoms with Crippen LogP contribution < -0.4 is 4.74 Å². The Kier molecular flexibility index (Phi) is 3.64. The molecule has 0 spiro atoms. The van der Waals surface area contributed by atoms with Crippen molar-refractivity contribution in [3.63, 3.8) is 0 Å². The largest absolute Gasteiger partial charge is 0.497 e. The first kappa shape index (κ1) is 12.2. The second kappa shape index (κ2) is 5.37. The maximum atomic E-state index is 8.78. The molecule has 0 saturated heterocycles. The number of ether oxygens (including phenoxy) is 1. The van der Waals surface area contributed by atoms with Crippen LogP contribution in [0, 0.1) is 11.3 Å². The number of nitrogens with zero attached hydrogens (tertiary/aromatic N) is 1. The Bertz CT molecular complexity index is 549. The zero-order chi connectivity index (χ0) is 13.0. The Labute approximate surface area is 107 Å². The van der Waals surface area contributed by atoms with Crippen molar-refractivity contribution in [3.05, 3.63) is 65.2 Å². The van der Waals surface area contributed by atoms with Gasteiger partial charge in [-0.25, -0.2) is 0 Å². The van der Waals surface area contributed by atoms with Gasteiger partial charge in [0.2, 0.25) is 0 Å². The Morgan fingerprint density at radius 1 is 0.944 bits per heavy atom. The van der Waals surface area contributed by atoms with E-state index in [1.165, 1.54) is 11.1 Å². The maximum absolute atomic E-state index is 8.78. The molecule has 2 rings (SSSR count). The molecule has 0 aliphatic heterocycles. The summed E-state index contributed by atoms with van der Waals surface area (Å²) in [6.45, 7) is 2.16. The van der Waals surface area contributed by atoms with Crippen molar-refractivity contribution in [1.82, 2.24) is 0 Å². The van der Waals surface area contributed by atoms with Gasteiger partial charge in [0.1, 0.15) is 5.75 Å². The summed E-state index contributed by atoms with van der Waals surface area (Å²) in [7, 11) is 1.67. The molecule has 90 valence electrons. The van der Waals surface area contributed by atoms with Gasteiger partial charge >= 0.3 is 0 Å². The number of rotatable bonds is 3. The number of benzene rings is 2. The Balaban J connectivity index is 2.23. The predicted molar refractivity (Wildman–Crippen MR) is 71.7 cm³/mol. The normalized spacial score (nSPS) is 11.6. The van der Waals surface area contributed by atoms with E-state index in [1.54, 1.807) is 7.11 Å². The summed E-state index contributed by atoms with van der Waals surface area (Å²) in [5.41, 5.74) is 3.14. The molecule has 2 aromatic carbocycles. The Morgan fingerprint density at radius 2 is 1.44 bits per heavy atom. The van der Waals surface area contributed by atoms with Crippen molar-refractivity contribution in [1.29, 1.82) is 5.26 Å². The van der Waals surface area contributed by atoms with Gasteiger partial charge in [0, 0.05) is 5.92 Å². The minimum absolute atomic E-state index is 0.309. The van der Waals surface area contributed by atoms with Gasteiger partial charge in [0.05, 0.1) is 18.7 Å². The number of methoxy groups -OCH3 is 1. The minimum Gasteiger partial charge on any atom is -0.497 e. The van der Waals surface area contributed by atoms with E-state index in [2.05, 4.69) is 25.1 Å². The van der Waals surface area contributed by atoms with Crippen molar-refractivity contribution in [3.8, 4) is 11.8 Å². The summed E-state index contributed by atoms with van der Waals surface area (Å²) in [5, 5.41) is 8.78. The van der Waals surface area contributed by atoms with Crippen molar-refractivity contribution in [2.24, 2.45) is 0 Å². The summed E-state index contributed by atoms with van der Waals surface area (Å²) in [5.74, 6) is 1.18. The molecule has 2 aromatic rings. The summed E-state index contributed by atoms with van der Waals surface area (Å²) in [6, 6.07) is 17.9. The van der Waals surface area contributed by atoms with Crippen LogP contribution in [0.1, 0.15) is 29.5 Å². The second-order valence-electron chi connectivity index (χ2n) is 4.23. The van der Waals surface area contributed by atoms with E-state index in [1.807, 2.05) is 36.4 Å². The average Bonchev–Trinajstić information content (AvgIpc) is 2.47. The van der Waals surface area contributed by atoms with E-state index in [0.29, 0.717) is 11.5 Å². The van der Waals surface area contributed by atoms with Crippen LogP contribution in [0.15, 0.2) is 48.5 Å². The fraction of sp³-hybridized carbons (Fsp3) is 0.188. The highest BCUT2D eigenvalue weighted by atomic mass is 16.5. The Morgan fingerprint density at radius 3 is 1.89 bits per heavy atom. The molecule has 0 aliphatic carbocycles. The molecule has 0 aliphatic rings. The van der Waals surface area contributed by atoms with E-state index in [0.717, 1.165) is 5.75 Å². The molecule has 0 saturated carbocycles. The van der Waals surface area contributed by atoms with Gasteiger partial charge in [0.25, 0.3) is 0 Å². The molecule has 0 bridgehead atoms. The minimum atomic E-state index is 0.309. The van der Waals surface area contributed by atoms with Crippen LogP contribution in [-0.4, -0.2) is 7.11 Å². The summed E-state index contributed by atoms with van der Waals surface area (Å²) >= 11 is 0. The Hall–Kier alpha value is -2.27. The van der Waals surface area contributed by atoms with Crippen molar-refractivity contribution in [2.45, 2.75) is 12.8 Å². The quantitative estimate of drug-likeness (QED) is 0.815. The van der Waals surface area contributed by atoms with Crippen LogP contribution in [0.2, 0.25) is 0 Å². The first-order valence-electron chi connectivity index (χ1n) is 5.88. The first-order chi connectivity index (χ1) is 8.74. The molecular formula is C16H15NO. The molecule has 1 unspecified atom stereocenters. The van der Waals surface area contributed by atoms with Gasteiger partial charge in [-0.15, -0.1) is 0 Å². The van der Waals surface area contributed by atoms with E-state index < -0.39 is 0 Å². The van der Waals surface area contributed by atoms with Crippen LogP contribution in [0.4, 0.5) is 0 Å². The van der Waals surface area contributed by atoms with Gasteiger partial charge < -0.3 is 4.74 Å². The lowest BCUT2D eigenvalue weighted by atomic mass is 9.92. The lowest BCUT2D eigenvalue weighted by Gasteiger charge is -2.13. The van der Waals surface area contributed by atoms with E-state index in [9.17, 15) is 0 Å². The molecule has 2 nitrogen and oxygen atoms in total.